The lowest BCUT2D eigenvalue weighted by atomic mass is 9.98. The molecule has 4 nitrogen and oxygen atoms in total. The smallest absolute Gasteiger partial charge is 0.325 e. The van der Waals surface area contributed by atoms with Crippen LogP contribution in [0.1, 0.15) is 40.0 Å². The Balaban J connectivity index is 4.31. The maximum atomic E-state index is 11.7. The monoisotopic (exact) mass is 244 g/mol. The standard InChI is InChI=1S/C13H28N2O2/c1-6-9-15(10-7-2)11-8-13(3,14-4)12(16)17-5/h14H,6-11H2,1-5H3. The van der Waals surface area contributed by atoms with Crippen molar-refractivity contribution in [3.8, 4) is 0 Å². The highest BCUT2D eigenvalue weighted by Crippen LogP contribution is 2.12. The van der Waals surface area contributed by atoms with Crippen molar-refractivity contribution in [1.82, 2.24) is 10.2 Å². The van der Waals surface area contributed by atoms with Gasteiger partial charge in [-0.15, -0.1) is 0 Å². The zero-order chi connectivity index (χ0) is 13.3. The first-order chi connectivity index (χ1) is 8.03. The maximum Gasteiger partial charge on any atom is 0.325 e. The fourth-order valence-corrected chi connectivity index (χ4v) is 1.90. The van der Waals surface area contributed by atoms with E-state index in [0.29, 0.717) is 0 Å². The lowest BCUT2D eigenvalue weighted by Gasteiger charge is -2.29. The zero-order valence-electron chi connectivity index (χ0n) is 12.0. The number of nitrogens with zero attached hydrogens (tertiary/aromatic N) is 1. The molecule has 1 atom stereocenters. The highest BCUT2D eigenvalue weighted by Gasteiger charge is 2.32. The SMILES string of the molecule is CCCN(CCC)CCC(C)(NC)C(=O)OC. The summed E-state index contributed by atoms with van der Waals surface area (Å²) in [4.78, 5) is 14.1. The van der Waals surface area contributed by atoms with Gasteiger partial charge in [0.1, 0.15) is 5.54 Å². The van der Waals surface area contributed by atoms with E-state index in [2.05, 4.69) is 24.1 Å². The summed E-state index contributed by atoms with van der Waals surface area (Å²) in [5.74, 6) is -0.187. The number of carbonyl (C=O) groups excluding carboxylic acids is 1. The molecule has 0 bridgehead atoms. The molecule has 102 valence electrons. The van der Waals surface area contributed by atoms with Gasteiger partial charge in [0.15, 0.2) is 0 Å². The summed E-state index contributed by atoms with van der Waals surface area (Å²) in [5.41, 5.74) is -0.575. The molecule has 4 heteroatoms. The second-order valence-electron chi connectivity index (χ2n) is 4.67. The topological polar surface area (TPSA) is 41.6 Å². The first-order valence-corrected chi connectivity index (χ1v) is 6.53. The summed E-state index contributed by atoms with van der Waals surface area (Å²) in [6.07, 6.45) is 3.07. The zero-order valence-corrected chi connectivity index (χ0v) is 12.0. The second-order valence-corrected chi connectivity index (χ2v) is 4.67. The minimum atomic E-state index is -0.575. The fraction of sp³-hybridized carbons (Fsp3) is 0.923. The lowest BCUT2D eigenvalue weighted by molar-refractivity contribution is -0.148. The third-order valence-electron chi connectivity index (χ3n) is 3.20. The van der Waals surface area contributed by atoms with Crippen molar-refractivity contribution >= 4 is 5.97 Å². The average molecular weight is 244 g/mol. The summed E-state index contributed by atoms with van der Waals surface area (Å²) in [6.45, 7) is 9.37. The van der Waals surface area contributed by atoms with E-state index in [-0.39, 0.29) is 5.97 Å². The Hall–Kier alpha value is -0.610. The third kappa shape index (κ3) is 5.50. The van der Waals surface area contributed by atoms with Gasteiger partial charge in [0, 0.05) is 6.54 Å². The molecular formula is C13H28N2O2. The number of hydrogen-bond donors (Lipinski definition) is 1. The van der Waals surface area contributed by atoms with Gasteiger partial charge in [-0.3, -0.25) is 4.79 Å². The molecule has 0 radical (unpaired) electrons. The van der Waals surface area contributed by atoms with E-state index in [1.54, 1.807) is 7.05 Å². The van der Waals surface area contributed by atoms with Gasteiger partial charge in [-0.05, 0) is 46.3 Å². The lowest BCUT2D eigenvalue weighted by Crippen LogP contribution is -2.50. The summed E-state index contributed by atoms with van der Waals surface area (Å²) in [6, 6.07) is 0. The predicted octanol–water partition coefficient (Wildman–Crippen LogP) is 1.65. The molecular weight excluding hydrogens is 216 g/mol. The Morgan fingerprint density at radius 3 is 2.12 bits per heavy atom. The fourth-order valence-electron chi connectivity index (χ4n) is 1.90. The number of esters is 1. The van der Waals surface area contributed by atoms with Gasteiger partial charge in [0.05, 0.1) is 7.11 Å². The Kier molecular flexibility index (Phi) is 8.17. The van der Waals surface area contributed by atoms with Crippen molar-refractivity contribution in [1.29, 1.82) is 0 Å². The summed E-state index contributed by atoms with van der Waals surface area (Å²) in [5, 5.41) is 3.07. The molecule has 0 rings (SSSR count). The van der Waals surface area contributed by atoms with Crippen LogP contribution in [-0.4, -0.2) is 50.2 Å². The van der Waals surface area contributed by atoms with Crippen molar-refractivity contribution in [2.75, 3.05) is 33.8 Å². The van der Waals surface area contributed by atoms with Crippen molar-refractivity contribution in [2.24, 2.45) is 0 Å². The molecule has 0 saturated carbocycles. The van der Waals surface area contributed by atoms with Crippen LogP contribution in [0.3, 0.4) is 0 Å². The van der Waals surface area contributed by atoms with Gasteiger partial charge >= 0.3 is 5.97 Å². The van der Waals surface area contributed by atoms with Crippen molar-refractivity contribution in [3.05, 3.63) is 0 Å². The quantitative estimate of drug-likeness (QED) is 0.626. The van der Waals surface area contributed by atoms with Crippen LogP contribution in [0.25, 0.3) is 0 Å². The van der Waals surface area contributed by atoms with E-state index in [1.807, 2.05) is 6.92 Å². The van der Waals surface area contributed by atoms with Crippen LogP contribution in [0.5, 0.6) is 0 Å². The van der Waals surface area contributed by atoms with Gasteiger partial charge in [0.25, 0.3) is 0 Å². The predicted molar refractivity (Wildman–Crippen MR) is 71.1 cm³/mol. The molecule has 0 amide bonds. The molecule has 17 heavy (non-hydrogen) atoms. The van der Waals surface area contributed by atoms with Crippen LogP contribution in [0, 0.1) is 0 Å². The van der Waals surface area contributed by atoms with E-state index in [9.17, 15) is 4.79 Å². The molecule has 0 aromatic carbocycles. The van der Waals surface area contributed by atoms with Crippen LogP contribution in [0.2, 0.25) is 0 Å². The van der Waals surface area contributed by atoms with Crippen molar-refractivity contribution < 1.29 is 9.53 Å². The van der Waals surface area contributed by atoms with Crippen LogP contribution in [0.4, 0.5) is 0 Å². The molecule has 0 aliphatic rings. The van der Waals surface area contributed by atoms with Crippen LogP contribution < -0.4 is 5.32 Å². The number of rotatable bonds is 9. The molecule has 0 aliphatic heterocycles. The minimum absolute atomic E-state index is 0.187. The van der Waals surface area contributed by atoms with E-state index in [0.717, 1.165) is 38.9 Å². The van der Waals surface area contributed by atoms with Gasteiger partial charge in [0.2, 0.25) is 0 Å². The molecule has 0 aromatic rings. The molecule has 1 unspecified atom stereocenters. The number of nitrogens with one attached hydrogen (secondary N) is 1. The Morgan fingerprint density at radius 1 is 1.24 bits per heavy atom. The molecule has 0 spiro atoms. The summed E-state index contributed by atoms with van der Waals surface area (Å²) in [7, 11) is 3.24. The van der Waals surface area contributed by atoms with E-state index in [4.69, 9.17) is 4.74 Å². The van der Waals surface area contributed by atoms with E-state index < -0.39 is 5.54 Å². The van der Waals surface area contributed by atoms with Gasteiger partial charge in [-0.2, -0.15) is 0 Å². The summed E-state index contributed by atoms with van der Waals surface area (Å²) < 4.78 is 4.84. The van der Waals surface area contributed by atoms with Crippen LogP contribution >= 0.6 is 0 Å². The van der Waals surface area contributed by atoms with Gasteiger partial charge in [-0.1, -0.05) is 13.8 Å². The molecule has 1 N–H and O–H groups in total. The Labute approximate surface area is 106 Å². The van der Waals surface area contributed by atoms with Gasteiger partial charge < -0.3 is 15.0 Å². The molecule has 0 fully saturated rings. The first kappa shape index (κ1) is 16.4. The molecule has 0 aromatic heterocycles. The highest BCUT2D eigenvalue weighted by molar-refractivity contribution is 5.80. The van der Waals surface area contributed by atoms with Gasteiger partial charge in [-0.25, -0.2) is 0 Å². The minimum Gasteiger partial charge on any atom is -0.468 e. The maximum absolute atomic E-state index is 11.7. The number of methoxy groups -OCH3 is 1. The number of ether oxygens (including phenoxy) is 1. The second kappa shape index (κ2) is 8.48. The molecule has 0 aliphatic carbocycles. The van der Waals surface area contributed by atoms with E-state index in [1.165, 1.54) is 7.11 Å². The molecule has 0 heterocycles. The largest absolute Gasteiger partial charge is 0.468 e. The Morgan fingerprint density at radius 2 is 1.76 bits per heavy atom. The van der Waals surface area contributed by atoms with Crippen LogP contribution in [0.15, 0.2) is 0 Å². The summed E-state index contributed by atoms with van der Waals surface area (Å²) >= 11 is 0. The highest BCUT2D eigenvalue weighted by atomic mass is 16.5. The normalized spacial score (nSPS) is 14.7. The number of likely N-dealkylation sites (N-methyl/N-ethyl adjacent to an activating group) is 1. The molecule has 0 saturated heterocycles. The number of hydrogen-bond acceptors (Lipinski definition) is 4. The Bertz CT molecular complexity index is 215. The third-order valence-corrected chi connectivity index (χ3v) is 3.20. The van der Waals surface area contributed by atoms with E-state index >= 15 is 0 Å². The van der Waals surface area contributed by atoms with Crippen LogP contribution in [-0.2, 0) is 9.53 Å². The van der Waals surface area contributed by atoms with Crippen molar-refractivity contribution in [3.63, 3.8) is 0 Å². The number of carbonyl (C=O) groups is 1. The first-order valence-electron chi connectivity index (χ1n) is 6.53. The van der Waals surface area contributed by atoms with Crippen molar-refractivity contribution in [2.45, 2.75) is 45.6 Å². The average Bonchev–Trinajstić information content (AvgIpc) is 2.35.